The Bertz CT molecular complexity index is 898. The molecule has 29 heavy (non-hydrogen) atoms. The Morgan fingerprint density at radius 1 is 0.345 bits per heavy atom. The third-order valence-electron chi connectivity index (χ3n) is 4.25. The number of thioether (sulfide) groups is 8. The molecule has 152 valence electrons. The second-order valence-electron chi connectivity index (χ2n) is 6.25. The van der Waals surface area contributed by atoms with Gasteiger partial charge in [0.25, 0.3) is 0 Å². The van der Waals surface area contributed by atoms with Crippen molar-refractivity contribution in [3.8, 4) is 0 Å². The van der Waals surface area contributed by atoms with Gasteiger partial charge in [0.1, 0.15) is 0 Å². The predicted octanol–water partition coefficient (Wildman–Crippen LogP) is 11.3. The van der Waals surface area contributed by atoms with E-state index in [0.29, 0.717) is 0 Å². The van der Waals surface area contributed by atoms with Gasteiger partial charge in [0.15, 0.2) is 0 Å². The Kier molecular flexibility index (Phi) is 6.78. The summed E-state index contributed by atoms with van der Waals surface area (Å²) in [7, 11) is 7.00. The Labute approximate surface area is 221 Å². The van der Waals surface area contributed by atoms with Gasteiger partial charge in [-0.05, 0) is 0 Å². The van der Waals surface area contributed by atoms with Crippen molar-refractivity contribution in [1.29, 1.82) is 0 Å². The van der Waals surface area contributed by atoms with E-state index in [9.17, 15) is 0 Å². The molecular weight excluding hydrogens is 650 g/mol. The maximum absolute atomic E-state index is 2.28. The standard InChI is InChI=1S/C16H12GeS12/c1-5-6(2)19-9(18-5)11-22-13-14(23-11)27-17(26-13)28-15-16(29-17)25-12(24-15)10-20-7(3)8(4)21-10/h1-4H3. The zero-order chi connectivity index (χ0) is 19.9. The molecule has 0 fully saturated rings. The van der Waals surface area contributed by atoms with E-state index >= 15 is 0 Å². The van der Waals surface area contributed by atoms with Crippen LogP contribution in [0.3, 0.4) is 0 Å². The second-order valence-corrected chi connectivity index (χ2v) is 47.8. The Balaban J connectivity index is 1.11. The van der Waals surface area contributed by atoms with Crippen LogP contribution < -0.4 is 0 Å². The van der Waals surface area contributed by atoms with Gasteiger partial charge in [0, 0.05) is 0 Å². The number of hydrogen-bond donors (Lipinski definition) is 0. The van der Waals surface area contributed by atoms with Crippen molar-refractivity contribution in [1.82, 2.24) is 0 Å². The van der Waals surface area contributed by atoms with Gasteiger partial charge in [-0.1, -0.05) is 0 Å². The van der Waals surface area contributed by atoms with Gasteiger partial charge >= 0.3 is 224 Å². The second kappa shape index (κ2) is 8.69. The molecule has 0 aromatic heterocycles. The first-order valence-corrected chi connectivity index (χ1v) is 28.5. The first-order chi connectivity index (χ1) is 13.9. The molecule has 0 atom stereocenters. The van der Waals surface area contributed by atoms with E-state index in [2.05, 4.69) is 115 Å². The Morgan fingerprint density at radius 2 is 0.586 bits per heavy atom. The van der Waals surface area contributed by atoms with Crippen LogP contribution >= 0.6 is 134 Å². The summed E-state index contributed by atoms with van der Waals surface area (Å²) in [6, 6.07) is 0. The summed E-state index contributed by atoms with van der Waals surface area (Å²) in [5, 5.41) is 0. The summed E-state index contributed by atoms with van der Waals surface area (Å²) in [6.07, 6.45) is 0. The van der Waals surface area contributed by atoms with E-state index in [1.54, 1.807) is 16.9 Å². The quantitative estimate of drug-likeness (QED) is 0.227. The Hall–Kier alpha value is 3.18. The van der Waals surface area contributed by atoms with Crippen molar-refractivity contribution < 1.29 is 0 Å². The Morgan fingerprint density at radius 3 is 0.862 bits per heavy atom. The minimum absolute atomic E-state index is 1.47. The molecule has 0 amide bonds. The molecule has 6 aliphatic heterocycles. The van der Waals surface area contributed by atoms with Crippen molar-refractivity contribution in [2.45, 2.75) is 27.7 Å². The molecule has 0 bridgehead atoms. The van der Waals surface area contributed by atoms with Crippen LogP contribution in [0.1, 0.15) is 27.7 Å². The van der Waals surface area contributed by atoms with Gasteiger partial charge in [-0.15, -0.1) is 0 Å². The number of rotatable bonds is 0. The van der Waals surface area contributed by atoms with Gasteiger partial charge in [0.2, 0.25) is 0 Å². The molecule has 0 saturated heterocycles. The number of hydrogen-bond acceptors (Lipinski definition) is 12. The average molecular weight is 662 g/mol. The molecule has 6 heterocycles. The monoisotopic (exact) mass is 662 g/mol. The van der Waals surface area contributed by atoms with Crippen molar-refractivity contribution in [2.24, 2.45) is 0 Å². The van der Waals surface area contributed by atoms with Gasteiger partial charge in [-0.3, -0.25) is 0 Å². The van der Waals surface area contributed by atoms with Crippen molar-refractivity contribution in [2.75, 3.05) is 0 Å². The molecule has 0 aliphatic carbocycles. The molecule has 13 heteroatoms. The molecular formula is C16H12GeS12. The predicted molar refractivity (Wildman–Crippen MR) is 162 cm³/mol. The summed E-state index contributed by atoms with van der Waals surface area (Å²) in [5.41, 5.74) is 0. The molecule has 0 radical (unpaired) electrons. The summed E-state index contributed by atoms with van der Waals surface area (Å²) >= 11 is 16.1. The van der Waals surface area contributed by atoms with Crippen LogP contribution in [0.25, 0.3) is 0 Å². The summed E-state index contributed by atoms with van der Waals surface area (Å²) in [4.78, 5) is 5.89. The van der Waals surface area contributed by atoms with Gasteiger partial charge in [-0.25, -0.2) is 0 Å². The zero-order valence-electron chi connectivity index (χ0n) is 15.4. The van der Waals surface area contributed by atoms with Crippen LogP contribution in [0.2, 0.25) is 0 Å². The minimum atomic E-state index is -2.10. The zero-order valence-corrected chi connectivity index (χ0v) is 27.3. The summed E-state index contributed by atoms with van der Waals surface area (Å²) in [5.74, 6) is 0. The topological polar surface area (TPSA) is 0 Å². The third-order valence-corrected chi connectivity index (χ3v) is 51.0. The van der Waals surface area contributed by atoms with Crippen LogP contribution in [0.4, 0.5) is 0 Å². The van der Waals surface area contributed by atoms with Crippen molar-refractivity contribution >= 4 is 143 Å². The molecule has 0 unspecified atom stereocenters. The van der Waals surface area contributed by atoms with E-state index < -0.39 is 8.70 Å². The molecule has 0 saturated carbocycles. The van der Waals surface area contributed by atoms with Crippen molar-refractivity contribution in [3.05, 3.63) is 53.5 Å². The van der Waals surface area contributed by atoms with E-state index in [-0.39, 0.29) is 0 Å². The fourth-order valence-corrected chi connectivity index (χ4v) is 71.3. The van der Waals surface area contributed by atoms with Gasteiger partial charge < -0.3 is 0 Å². The van der Waals surface area contributed by atoms with E-state index in [4.69, 9.17) is 0 Å². The first-order valence-electron chi connectivity index (χ1n) is 8.40. The van der Waals surface area contributed by atoms with Crippen LogP contribution in [-0.2, 0) is 0 Å². The number of allylic oxidation sites excluding steroid dienone is 4. The van der Waals surface area contributed by atoms with Crippen LogP contribution in [0, 0.1) is 0 Å². The molecule has 6 aliphatic rings. The molecule has 0 aromatic carbocycles. The molecule has 0 N–H and O–H groups in total. The van der Waals surface area contributed by atoms with Gasteiger partial charge in [-0.2, -0.15) is 0 Å². The normalized spacial score (nSPS) is 28.6. The van der Waals surface area contributed by atoms with E-state index in [1.807, 2.05) is 47.0 Å². The van der Waals surface area contributed by atoms with Crippen LogP contribution in [-0.4, -0.2) is 8.70 Å². The summed E-state index contributed by atoms with van der Waals surface area (Å²) in [6.45, 7) is 9.00. The van der Waals surface area contributed by atoms with Crippen LogP contribution in [0.5, 0.6) is 0 Å². The van der Waals surface area contributed by atoms with Crippen LogP contribution in [0.15, 0.2) is 53.5 Å². The maximum atomic E-state index is 2.28. The fraction of sp³-hybridized carbons (Fsp3) is 0.250. The van der Waals surface area contributed by atoms with E-state index in [1.165, 1.54) is 36.6 Å². The summed E-state index contributed by atoms with van der Waals surface area (Å²) < 4.78 is 12.5. The third kappa shape index (κ3) is 4.24. The first kappa shape index (κ1) is 22.6. The fourth-order valence-electron chi connectivity index (χ4n) is 2.59. The average Bonchev–Trinajstić information content (AvgIpc) is 3.44. The molecule has 1 spiro atoms. The SMILES string of the molecule is CC1=C(C)SC(=C2SC3=C(S2)[S][Ge]2([S]3)[S]C3=C(SC(=C4SC(C)=C(C)S4)S3)[S]2)S1. The molecule has 6 rings (SSSR count). The van der Waals surface area contributed by atoms with Crippen molar-refractivity contribution in [3.63, 3.8) is 0 Å². The van der Waals surface area contributed by atoms with E-state index in [0.717, 1.165) is 0 Å². The molecule has 0 aromatic rings. The molecule has 0 nitrogen and oxygen atoms in total. The van der Waals surface area contributed by atoms with Gasteiger partial charge in [0.05, 0.1) is 0 Å².